The normalized spacial score (nSPS) is 17.5. The van der Waals surface area contributed by atoms with Gasteiger partial charge in [-0.3, -0.25) is 4.79 Å². The van der Waals surface area contributed by atoms with Crippen molar-refractivity contribution in [2.24, 2.45) is 0 Å². The van der Waals surface area contributed by atoms with Gasteiger partial charge in [0.25, 0.3) is 11.9 Å². The SMILES string of the molecule is C[C@@H]1CN(C(=O)Nc2ccccc2F)CCN1c1ccc(NC(=O)c2oc(N3CCC(c4ccccc4)CC3)nc2C(F)(F)F)cn1. The van der Waals surface area contributed by atoms with Gasteiger partial charge in [-0.15, -0.1) is 0 Å². The Labute approximate surface area is 268 Å². The Morgan fingerprint density at radius 2 is 1.64 bits per heavy atom. The van der Waals surface area contributed by atoms with Gasteiger partial charge in [-0.25, -0.2) is 14.2 Å². The molecule has 2 aromatic carbocycles. The summed E-state index contributed by atoms with van der Waals surface area (Å²) in [4.78, 5) is 39.0. The number of nitrogens with one attached hydrogen (secondary N) is 2. The number of amides is 3. The van der Waals surface area contributed by atoms with Crippen LogP contribution >= 0.6 is 0 Å². The molecule has 0 unspecified atom stereocenters. The average molecular weight is 652 g/mol. The van der Waals surface area contributed by atoms with Crippen molar-refractivity contribution in [3.63, 3.8) is 0 Å². The lowest BCUT2D eigenvalue weighted by molar-refractivity contribution is -0.141. The van der Waals surface area contributed by atoms with E-state index in [-0.39, 0.29) is 29.3 Å². The Kier molecular flexibility index (Phi) is 9.01. The Balaban J connectivity index is 1.08. The summed E-state index contributed by atoms with van der Waals surface area (Å²) in [6, 6.07) is 18.2. The van der Waals surface area contributed by atoms with E-state index in [2.05, 4.69) is 20.6 Å². The highest BCUT2D eigenvalue weighted by Crippen LogP contribution is 2.36. The molecule has 3 amide bonds. The molecule has 2 aliphatic heterocycles. The average Bonchev–Trinajstić information content (AvgIpc) is 3.54. The predicted molar refractivity (Wildman–Crippen MR) is 168 cm³/mol. The molecule has 14 heteroatoms. The zero-order valence-corrected chi connectivity index (χ0v) is 25.5. The second-order valence-corrected chi connectivity index (χ2v) is 11.6. The van der Waals surface area contributed by atoms with Gasteiger partial charge in [0.1, 0.15) is 11.6 Å². The number of para-hydroxylation sites is 1. The Morgan fingerprint density at radius 3 is 2.30 bits per heavy atom. The second-order valence-electron chi connectivity index (χ2n) is 11.6. The summed E-state index contributed by atoms with van der Waals surface area (Å²) in [5.74, 6) is -1.70. The topological polar surface area (TPSA) is 107 Å². The van der Waals surface area contributed by atoms with Crippen LogP contribution in [-0.2, 0) is 6.18 Å². The van der Waals surface area contributed by atoms with Crippen LogP contribution in [0.3, 0.4) is 0 Å². The van der Waals surface area contributed by atoms with Crippen LogP contribution in [0.1, 0.15) is 47.5 Å². The summed E-state index contributed by atoms with van der Waals surface area (Å²) in [6.07, 6.45) is -2.14. The lowest BCUT2D eigenvalue weighted by atomic mass is 9.90. The minimum atomic E-state index is -4.90. The summed E-state index contributed by atoms with van der Waals surface area (Å²) >= 11 is 0. The first kappa shape index (κ1) is 31.8. The number of piperidine rings is 1. The third kappa shape index (κ3) is 7.16. The van der Waals surface area contributed by atoms with Crippen molar-refractivity contribution in [1.82, 2.24) is 14.9 Å². The minimum absolute atomic E-state index is 0.0965. The fourth-order valence-electron chi connectivity index (χ4n) is 5.98. The summed E-state index contributed by atoms with van der Waals surface area (Å²) in [5.41, 5.74) is 0.0600. The Hall–Kier alpha value is -5.14. The molecule has 2 fully saturated rings. The zero-order valence-electron chi connectivity index (χ0n) is 25.5. The summed E-state index contributed by atoms with van der Waals surface area (Å²) < 4.78 is 61.2. The molecule has 2 saturated heterocycles. The third-order valence-electron chi connectivity index (χ3n) is 8.46. The number of carbonyl (C=O) groups excluding carboxylic acids is 2. The number of hydrogen-bond donors (Lipinski definition) is 2. The number of anilines is 4. The number of carbonyl (C=O) groups is 2. The smallest absolute Gasteiger partial charge is 0.417 e. The van der Waals surface area contributed by atoms with Gasteiger partial charge >= 0.3 is 12.2 Å². The van der Waals surface area contributed by atoms with Crippen LogP contribution in [0.5, 0.6) is 0 Å². The third-order valence-corrected chi connectivity index (χ3v) is 8.46. The van der Waals surface area contributed by atoms with Crippen LogP contribution in [0.25, 0.3) is 0 Å². The number of aromatic nitrogens is 2. The molecule has 2 aromatic heterocycles. The molecular weight excluding hydrogens is 618 g/mol. The van der Waals surface area contributed by atoms with Crippen LogP contribution < -0.4 is 20.4 Å². The van der Waals surface area contributed by atoms with Gasteiger partial charge in [0, 0.05) is 38.8 Å². The van der Waals surface area contributed by atoms with Crippen LogP contribution in [0, 0.1) is 5.82 Å². The lowest BCUT2D eigenvalue weighted by Crippen LogP contribution is -2.55. The molecule has 2 aliphatic rings. The zero-order chi connectivity index (χ0) is 33.1. The van der Waals surface area contributed by atoms with Crippen molar-refractivity contribution in [3.05, 3.63) is 95.8 Å². The molecule has 6 rings (SSSR count). The molecule has 2 N–H and O–H groups in total. The summed E-state index contributed by atoms with van der Waals surface area (Å²) in [6.45, 7) is 3.91. The Bertz CT molecular complexity index is 1710. The van der Waals surface area contributed by atoms with E-state index in [0.29, 0.717) is 51.4 Å². The van der Waals surface area contributed by atoms with E-state index in [1.807, 2.05) is 42.2 Å². The van der Waals surface area contributed by atoms with Crippen LogP contribution in [-0.4, -0.2) is 65.6 Å². The number of halogens is 4. The number of alkyl halides is 3. The van der Waals surface area contributed by atoms with E-state index < -0.39 is 35.4 Å². The van der Waals surface area contributed by atoms with Gasteiger partial charge in [-0.1, -0.05) is 42.5 Å². The van der Waals surface area contributed by atoms with E-state index in [0.717, 1.165) is 0 Å². The van der Waals surface area contributed by atoms with Crippen LogP contribution in [0.4, 0.5) is 45.6 Å². The van der Waals surface area contributed by atoms with E-state index in [4.69, 9.17) is 4.42 Å². The molecule has 47 heavy (non-hydrogen) atoms. The predicted octanol–water partition coefficient (Wildman–Crippen LogP) is 6.61. The first-order valence-electron chi connectivity index (χ1n) is 15.3. The standard InChI is InChI=1S/C33H33F4N7O3/c1-21-20-43(31(46)40-26-10-6-5-9-25(26)34)17-18-44(21)27-12-11-24(19-38-27)39-30(45)28-29(33(35,36)37)41-32(47-28)42-15-13-23(14-16-42)22-7-3-2-4-8-22/h2-12,19,21,23H,13-18,20H2,1H3,(H,39,45)(H,40,46)/t21-/m1/s1. The van der Waals surface area contributed by atoms with Crippen LogP contribution in [0.2, 0.25) is 0 Å². The summed E-state index contributed by atoms with van der Waals surface area (Å²) in [5, 5.41) is 5.03. The van der Waals surface area contributed by atoms with Gasteiger partial charge in [-0.05, 0) is 55.5 Å². The fraction of sp³-hybridized carbons (Fsp3) is 0.333. The van der Waals surface area contributed by atoms with Gasteiger partial charge in [0.2, 0.25) is 5.76 Å². The van der Waals surface area contributed by atoms with E-state index in [9.17, 15) is 27.2 Å². The van der Waals surface area contributed by atoms with Crippen molar-refractivity contribution in [3.8, 4) is 0 Å². The quantitative estimate of drug-likeness (QED) is 0.226. The Morgan fingerprint density at radius 1 is 0.915 bits per heavy atom. The first-order valence-corrected chi connectivity index (χ1v) is 15.3. The van der Waals surface area contributed by atoms with Gasteiger partial charge in [0.15, 0.2) is 5.69 Å². The van der Waals surface area contributed by atoms with Crippen molar-refractivity contribution >= 4 is 35.1 Å². The second kappa shape index (κ2) is 13.3. The molecule has 1 atom stereocenters. The number of hydrogen-bond acceptors (Lipinski definition) is 7. The molecule has 0 radical (unpaired) electrons. The number of nitrogens with zero attached hydrogens (tertiary/aromatic N) is 5. The molecular formula is C33H33F4N7O3. The monoisotopic (exact) mass is 651 g/mol. The van der Waals surface area contributed by atoms with Crippen molar-refractivity contribution < 1.29 is 31.6 Å². The molecule has 4 aromatic rings. The molecule has 246 valence electrons. The highest BCUT2D eigenvalue weighted by Gasteiger charge is 2.42. The van der Waals surface area contributed by atoms with Gasteiger partial charge in [-0.2, -0.15) is 18.2 Å². The molecule has 0 aliphatic carbocycles. The summed E-state index contributed by atoms with van der Waals surface area (Å²) in [7, 11) is 0. The number of piperazine rings is 1. The minimum Gasteiger partial charge on any atom is -0.417 e. The maximum Gasteiger partial charge on any atom is 0.437 e. The molecule has 4 heterocycles. The lowest BCUT2D eigenvalue weighted by Gasteiger charge is -2.40. The molecule has 10 nitrogen and oxygen atoms in total. The fourth-order valence-corrected chi connectivity index (χ4v) is 5.98. The van der Waals surface area contributed by atoms with Crippen molar-refractivity contribution in [2.75, 3.05) is 53.2 Å². The highest BCUT2D eigenvalue weighted by atomic mass is 19.4. The number of oxazole rings is 1. The van der Waals surface area contributed by atoms with Gasteiger partial charge < -0.3 is 29.8 Å². The van der Waals surface area contributed by atoms with Crippen molar-refractivity contribution in [1.29, 1.82) is 0 Å². The molecule has 0 bridgehead atoms. The largest absolute Gasteiger partial charge is 0.437 e. The van der Waals surface area contributed by atoms with Crippen molar-refractivity contribution in [2.45, 2.75) is 37.9 Å². The van der Waals surface area contributed by atoms with E-state index in [1.54, 1.807) is 21.9 Å². The number of benzene rings is 2. The van der Waals surface area contributed by atoms with Crippen LogP contribution in [0.15, 0.2) is 77.3 Å². The number of pyridine rings is 1. The van der Waals surface area contributed by atoms with E-state index >= 15 is 0 Å². The number of urea groups is 1. The van der Waals surface area contributed by atoms with E-state index in [1.165, 1.54) is 36.0 Å². The van der Waals surface area contributed by atoms with Gasteiger partial charge in [0.05, 0.1) is 17.6 Å². The first-order chi connectivity index (χ1) is 22.6. The maximum atomic E-state index is 14.0. The number of rotatable bonds is 6. The highest BCUT2D eigenvalue weighted by molar-refractivity contribution is 6.03. The molecule has 0 spiro atoms. The molecule has 0 saturated carbocycles. The maximum absolute atomic E-state index is 14.0.